The summed E-state index contributed by atoms with van der Waals surface area (Å²) in [5.74, 6) is 0.542. The van der Waals surface area contributed by atoms with E-state index >= 15 is 0 Å². The van der Waals surface area contributed by atoms with Crippen LogP contribution in [0.2, 0.25) is 0 Å². The Morgan fingerprint density at radius 2 is 2.17 bits per heavy atom. The number of benzene rings is 1. The number of ether oxygens (including phenoxy) is 1. The lowest BCUT2D eigenvalue weighted by Crippen LogP contribution is -2.36. The number of fused-ring (bicyclic) bond motifs is 1. The molecule has 0 aliphatic heterocycles. The maximum absolute atomic E-state index is 5.98. The van der Waals surface area contributed by atoms with Crippen molar-refractivity contribution in [2.75, 3.05) is 26.3 Å². The van der Waals surface area contributed by atoms with E-state index in [-0.39, 0.29) is 29.4 Å². The van der Waals surface area contributed by atoms with Gasteiger partial charge in [0.15, 0.2) is 5.96 Å². The highest BCUT2D eigenvalue weighted by molar-refractivity contribution is 14.0. The van der Waals surface area contributed by atoms with Gasteiger partial charge in [-0.2, -0.15) is 0 Å². The Morgan fingerprint density at radius 1 is 1.39 bits per heavy atom. The third kappa shape index (κ3) is 5.95. The third-order valence-electron chi connectivity index (χ3n) is 4.42. The highest BCUT2D eigenvalue weighted by atomic mass is 127. The summed E-state index contributed by atoms with van der Waals surface area (Å²) in [7, 11) is 0. The summed E-state index contributed by atoms with van der Waals surface area (Å²) >= 11 is 0. The molecule has 1 aliphatic rings. The van der Waals surface area contributed by atoms with Gasteiger partial charge in [-0.1, -0.05) is 31.2 Å². The van der Waals surface area contributed by atoms with Crippen molar-refractivity contribution in [3.8, 4) is 0 Å². The summed E-state index contributed by atoms with van der Waals surface area (Å²) in [6.45, 7) is 7.39. The molecule has 130 valence electrons. The molecule has 0 saturated carbocycles. The topological polar surface area (TPSA) is 59.6 Å². The lowest BCUT2D eigenvalue weighted by molar-refractivity contribution is 0.145. The molecule has 4 nitrogen and oxygen atoms in total. The number of aryl methyl sites for hydroxylation is 1. The SMILES string of the molecule is CCOCCCNC(N)=NCC1(C)CCCc2ccccc21.I. The molecule has 0 radical (unpaired) electrons. The highest BCUT2D eigenvalue weighted by Crippen LogP contribution is 2.37. The van der Waals surface area contributed by atoms with Crippen LogP contribution in [0.5, 0.6) is 0 Å². The molecule has 5 heteroatoms. The second-order valence-corrected chi connectivity index (χ2v) is 6.25. The predicted molar refractivity (Wildman–Crippen MR) is 108 cm³/mol. The quantitative estimate of drug-likeness (QED) is 0.302. The zero-order chi connectivity index (χ0) is 15.8. The van der Waals surface area contributed by atoms with Crippen LogP contribution >= 0.6 is 24.0 Å². The van der Waals surface area contributed by atoms with Crippen LogP contribution in [0.25, 0.3) is 0 Å². The van der Waals surface area contributed by atoms with Crippen LogP contribution in [0.4, 0.5) is 0 Å². The predicted octanol–water partition coefficient (Wildman–Crippen LogP) is 3.23. The highest BCUT2D eigenvalue weighted by Gasteiger charge is 2.31. The van der Waals surface area contributed by atoms with Gasteiger partial charge in [-0.05, 0) is 43.7 Å². The minimum absolute atomic E-state index is 0. The van der Waals surface area contributed by atoms with E-state index in [1.165, 1.54) is 30.4 Å². The van der Waals surface area contributed by atoms with Crippen LogP contribution < -0.4 is 11.1 Å². The first-order chi connectivity index (χ1) is 10.7. The molecule has 0 bridgehead atoms. The number of guanidine groups is 1. The molecular formula is C18H30IN3O. The molecule has 2 rings (SSSR count). The van der Waals surface area contributed by atoms with E-state index in [1.807, 2.05) is 6.92 Å². The number of rotatable bonds is 7. The summed E-state index contributed by atoms with van der Waals surface area (Å²) in [5, 5.41) is 3.17. The van der Waals surface area contributed by atoms with Crippen molar-refractivity contribution in [1.82, 2.24) is 5.32 Å². The van der Waals surface area contributed by atoms with Gasteiger partial charge in [0.25, 0.3) is 0 Å². The van der Waals surface area contributed by atoms with Crippen LogP contribution in [-0.4, -0.2) is 32.3 Å². The minimum Gasteiger partial charge on any atom is -0.382 e. The molecule has 3 N–H and O–H groups in total. The molecule has 0 aromatic heterocycles. The lowest BCUT2D eigenvalue weighted by atomic mass is 9.71. The van der Waals surface area contributed by atoms with Crippen molar-refractivity contribution in [2.24, 2.45) is 10.7 Å². The van der Waals surface area contributed by atoms with E-state index in [4.69, 9.17) is 10.5 Å². The zero-order valence-electron chi connectivity index (χ0n) is 14.3. The number of aliphatic imine (C=N–C) groups is 1. The molecule has 1 aromatic carbocycles. The summed E-state index contributed by atoms with van der Waals surface area (Å²) < 4.78 is 5.30. The first-order valence-electron chi connectivity index (χ1n) is 8.35. The zero-order valence-corrected chi connectivity index (χ0v) is 16.6. The van der Waals surface area contributed by atoms with Crippen molar-refractivity contribution < 1.29 is 4.74 Å². The maximum Gasteiger partial charge on any atom is 0.188 e. The van der Waals surface area contributed by atoms with Gasteiger partial charge >= 0.3 is 0 Å². The first kappa shape index (κ1) is 20.2. The average molecular weight is 431 g/mol. The second-order valence-electron chi connectivity index (χ2n) is 6.25. The number of halogens is 1. The van der Waals surface area contributed by atoms with Crippen LogP contribution in [0.15, 0.2) is 29.3 Å². The molecule has 1 aliphatic carbocycles. The Labute approximate surface area is 157 Å². The van der Waals surface area contributed by atoms with Crippen LogP contribution in [0.1, 0.15) is 44.2 Å². The van der Waals surface area contributed by atoms with E-state index in [2.05, 4.69) is 41.5 Å². The summed E-state index contributed by atoms with van der Waals surface area (Å²) in [6, 6.07) is 8.74. The fraction of sp³-hybridized carbons (Fsp3) is 0.611. The van der Waals surface area contributed by atoms with Gasteiger partial charge in [-0.3, -0.25) is 4.99 Å². The van der Waals surface area contributed by atoms with Crippen molar-refractivity contribution in [3.05, 3.63) is 35.4 Å². The average Bonchev–Trinajstić information content (AvgIpc) is 2.53. The fourth-order valence-electron chi connectivity index (χ4n) is 3.15. The Hall–Kier alpha value is -0.820. The van der Waals surface area contributed by atoms with Crippen molar-refractivity contribution in [2.45, 2.75) is 44.9 Å². The van der Waals surface area contributed by atoms with E-state index in [9.17, 15) is 0 Å². The van der Waals surface area contributed by atoms with E-state index in [0.29, 0.717) is 5.96 Å². The van der Waals surface area contributed by atoms with Gasteiger partial charge in [0, 0.05) is 25.2 Å². The maximum atomic E-state index is 5.98. The van der Waals surface area contributed by atoms with E-state index in [0.717, 1.165) is 32.7 Å². The minimum atomic E-state index is 0. The van der Waals surface area contributed by atoms with Gasteiger partial charge in [0.1, 0.15) is 0 Å². The Balaban J connectivity index is 0.00000264. The normalized spacial score (nSPS) is 20.5. The molecule has 0 spiro atoms. The number of nitrogens with one attached hydrogen (secondary N) is 1. The number of nitrogens with two attached hydrogens (primary N) is 1. The van der Waals surface area contributed by atoms with Crippen molar-refractivity contribution in [3.63, 3.8) is 0 Å². The third-order valence-corrected chi connectivity index (χ3v) is 4.42. The van der Waals surface area contributed by atoms with Crippen molar-refractivity contribution in [1.29, 1.82) is 0 Å². The largest absolute Gasteiger partial charge is 0.382 e. The first-order valence-corrected chi connectivity index (χ1v) is 8.35. The molecule has 1 unspecified atom stereocenters. The van der Waals surface area contributed by atoms with Crippen LogP contribution in [0.3, 0.4) is 0 Å². The molecule has 0 saturated heterocycles. The van der Waals surface area contributed by atoms with Gasteiger partial charge in [0.2, 0.25) is 0 Å². The summed E-state index contributed by atoms with van der Waals surface area (Å²) in [5.41, 5.74) is 8.99. The number of nitrogens with zero attached hydrogens (tertiary/aromatic N) is 1. The Morgan fingerprint density at radius 3 is 2.96 bits per heavy atom. The summed E-state index contributed by atoms with van der Waals surface area (Å²) in [6.07, 6.45) is 4.53. The Kier molecular flexibility index (Phi) is 8.91. The van der Waals surface area contributed by atoms with Crippen LogP contribution in [-0.2, 0) is 16.6 Å². The molecule has 1 atom stereocenters. The molecule has 0 heterocycles. The summed E-state index contributed by atoms with van der Waals surface area (Å²) in [4.78, 5) is 4.58. The fourth-order valence-corrected chi connectivity index (χ4v) is 3.15. The molecule has 23 heavy (non-hydrogen) atoms. The van der Waals surface area contributed by atoms with Gasteiger partial charge in [0.05, 0.1) is 6.54 Å². The number of hydrogen-bond donors (Lipinski definition) is 2. The molecule has 1 aromatic rings. The molecule has 0 amide bonds. The standard InChI is InChI=1S/C18H29N3O.HI/c1-3-22-13-7-12-20-17(19)21-14-18(2)11-6-9-15-8-4-5-10-16(15)18;/h4-5,8,10H,3,6-7,9,11-14H2,1-2H3,(H3,19,20,21);1H. The van der Waals surface area contributed by atoms with Crippen LogP contribution in [0, 0.1) is 0 Å². The van der Waals surface area contributed by atoms with E-state index < -0.39 is 0 Å². The molecular weight excluding hydrogens is 401 g/mol. The Bertz CT molecular complexity index is 507. The van der Waals surface area contributed by atoms with E-state index in [1.54, 1.807) is 0 Å². The molecule has 0 fully saturated rings. The van der Waals surface area contributed by atoms with Gasteiger partial charge < -0.3 is 15.8 Å². The smallest absolute Gasteiger partial charge is 0.188 e. The van der Waals surface area contributed by atoms with Gasteiger partial charge in [-0.15, -0.1) is 24.0 Å². The van der Waals surface area contributed by atoms with Crippen molar-refractivity contribution >= 4 is 29.9 Å². The lowest BCUT2D eigenvalue weighted by Gasteiger charge is -2.34. The van der Waals surface area contributed by atoms with Gasteiger partial charge in [-0.25, -0.2) is 0 Å². The number of hydrogen-bond acceptors (Lipinski definition) is 2. The monoisotopic (exact) mass is 431 g/mol. The second kappa shape index (κ2) is 10.1.